The van der Waals surface area contributed by atoms with Crippen LogP contribution in [0.2, 0.25) is 0 Å². The molecule has 0 aliphatic carbocycles. The number of aromatic nitrogens is 2. The van der Waals surface area contributed by atoms with Gasteiger partial charge in [-0.05, 0) is 38.1 Å². The molecule has 2 heterocycles. The SMILES string of the molecule is COc1cc(NCC2CCCNC2)nc(SC)n1.Cl. The molecular weight excluding hydrogens is 284 g/mol. The van der Waals surface area contributed by atoms with Crippen LogP contribution in [-0.2, 0) is 0 Å². The average Bonchev–Trinajstić information content (AvgIpc) is 2.45. The van der Waals surface area contributed by atoms with Crippen molar-refractivity contribution >= 4 is 30.0 Å². The highest BCUT2D eigenvalue weighted by Crippen LogP contribution is 2.19. The van der Waals surface area contributed by atoms with Gasteiger partial charge in [0, 0.05) is 12.6 Å². The number of piperidine rings is 1. The van der Waals surface area contributed by atoms with Gasteiger partial charge in [0.15, 0.2) is 5.16 Å². The van der Waals surface area contributed by atoms with Crippen LogP contribution in [0.3, 0.4) is 0 Å². The summed E-state index contributed by atoms with van der Waals surface area (Å²) >= 11 is 1.52. The predicted octanol–water partition coefficient (Wildman–Crippen LogP) is 2.04. The lowest BCUT2D eigenvalue weighted by Gasteiger charge is -2.23. The number of halogens is 1. The summed E-state index contributed by atoms with van der Waals surface area (Å²) in [5.74, 6) is 2.13. The zero-order valence-electron chi connectivity index (χ0n) is 11.3. The fourth-order valence-electron chi connectivity index (χ4n) is 2.04. The van der Waals surface area contributed by atoms with Crippen molar-refractivity contribution < 1.29 is 4.74 Å². The van der Waals surface area contributed by atoms with Gasteiger partial charge in [-0.2, -0.15) is 4.98 Å². The Balaban J connectivity index is 0.00000180. The Bertz CT molecular complexity index is 366. The van der Waals surface area contributed by atoms with Crippen molar-refractivity contribution in [2.75, 3.05) is 38.3 Å². The molecule has 1 aliphatic rings. The first-order valence-electron chi connectivity index (χ1n) is 6.23. The maximum Gasteiger partial charge on any atom is 0.219 e. The van der Waals surface area contributed by atoms with E-state index in [1.807, 2.05) is 12.3 Å². The third-order valence-corrected chi connectivity index (χ3v) is 3.59. The first-order chi connectivity index (χ1) is 8.81. The molecule has 2 N–H and O–H groups in total. The molecule has 108 valence electrons. The first-order valence-corrected chi connectivity index (χ1v) is 7.46. The van der Waals surface area contributed by atoms with Crippen LogP contribution in [0.25, 0.3) is 0 Å². The Labute approximate surface area is 124 Å². The Morgan fingerprint density at radius 1 is 1.53 bits per heavy atom. The van der Waals surface area contributed by atoms with Crippen molar-refractivity contribution in [2.24, 2.45) is 5.92 Å². The Morgan fingerprint density at radius 3 is 3.00 bits per heavy atom. The smallest absolute Gasteiger partial charge is 0.219 e. The van der Waals surface area contributed by atoms with Gasteiger partial charge in [-0.25, -0.2) is 4.98 Å². The highest BCUT2D eigenvalue weighted by atomic mass is 35.5. The minimum absolute atomic E-state index is 0. The Hall–Kier alpha value is -0.720. The molecular formula is C12H21ClN4OS. The molecule has 0 amide bonds. The lowest BCUT2D eigenvalue weighted by molar-refractivity contribution is 0.389. The summed E-state index contributed by atoms with van der Waals surface area (Å²) in [5.41, 5.74) is 0. The lowest BCUT2D eigenvalue weighted by Crippen LogP contribution is -2.33. The largest absolute Gasteiger partial charge is 0.481 e. The molecule has 1 fully saturated rings. The third-order valence-electron chi connectivity index (χ3n) is 3.04. The minimum Gasteiger partial charge on any atom is -0.481 e. The van der Waals surface area contributed by atoms with Crippen molar-refractivity contribution in [1.29, 1.82) is 0 Å². The van der Waals surface area contributed by atoms with E-state index in [0.717, 1.165) is 30.6 Å². The van der Waals surface area contributed by atoms with Crippen molar-refractivity contribution in [1.82, 2.24) is 15.3 Å². The van der Waals surface area contributed by atoms with Gasteiger partial charge < -0.3 is 15.4 Å². The summed E-state index contributed by atoms with van der Waals surface area (Å²) in [6.45, 7) is 3.18. The molecule has 1 aliphatic heterocycles. The second-order valence-corrected chi connectivity index (χ2v) is 5.15. The second-order valence-electron chi connectivity index (χ2n) is 4.38. The molecule has 1 aromatic rings. The monoisotopic (exact) mass is 304 g/mol. The number of methoxy groups -OCH3 is 1. The van der Waals surface area contributed by atoms with Gasteiger partial charge in [-0.15, -0.1) is 12.4 Å². The fourth-order valence-corrected chi connectivity index (χ4v) is 2.41. The molecule has 0 bridgehead atoms. The number of nitrogens with zero attached hydrogens (tertiary/aromatic N) is 2. The van der Waals surface area contributed by atoms with E-state index in [1.165, 1.54) is 24.6 Å². The number of rotatable bonds is 5. The Morgan fingerprint density at radius 2 is 2.37 bits per heavy atom. The van der Waals surface area contributed by atoms with Crippen molar-refractivity contribution in [3.8, 4) is 5.88 Å². The third kappa shape index (κ3) is 5.04. The van der Waals surface area contributed by atoms with E-state index in [0.29, 0.717) is 11.8 Å². The van der Waals surface area contributed by atoms with Crippen LogP contribution in [0.1, 0.15) is 12.8 Å². The Kier molecular flexibility index (Phi) is 7.27. The van der Waals surface area contributed by atoms with Gasteiger partial charge in [0.2, 0.25) is 5.88 Å². The van der Waals surface area contributed by atoms with Crippen LogP contribution in [0.4, 0.5) is 5.82 Å². The van der Waals surface area contributed by atoms with Crippen LogP contribution < -0.4 is 15.4 Å². The predicted molar refractivity (Wildman–Crippen MR) is 81.7 cm³/mol. The molecule has 0 aromatic carbocycles. The maximum atomic E-state index is 5.17. The number of thioether (sulfide) groups is 1. The summed E-state index contributed by atoms with van der Waals surface area (Å²) in [4.78, 5) is 8.67. The topological polar surface area (TPSA) is 59.1 Å². The minimum atomic E-state index is 0. The van der Waals surface area contributed by atoms with Crippen LogP contribution in [0.5, 0.6) is 5.88 Å². The van der Waals surface area contributed by atoms with Gasteiger partial charge >= 0.3 is 0 Å². The number of hydrogen-bond acceptors (Lipinski definition) is 6. The molecule has 0 spiro atoms. The zero-order chi connectivity index (χ0) is 12.8. The molecule has 1 unspecified atom stereocenters. The highest BCUT2D eigenvalue weighted by Gasteiger charge is 2.13. The average molecular weight is 305 g/mol. The van der Waals surface area contributed by atoms with E-state index in [1.54, 1.807) is 7.11 Å². The van der Waals surface area contributed by atoms with E-state index < -0.39 is 0 Å². The number of hydrogen-bond donors (Lipinski definition) is 2. The number of ether oxygens (including phenoxy) is 1. The van der Waals surface area contributed by atoms with E-state index in [9.17, 15) is 0 Å². The number of anilines is 1. The van der Waals surface area contributed by atoms with Crippen molar-refractivity contribution in [3.05, 3.63) is 6.07 Å². The standard InChI is InChI=1S/C12H20N4OS.ClH/c1-17-11-6-10(15-12(16-11)18-2)14-8-9-4-3-5-13-7-9;/h6,9,13H,3-5,7-8H2,1-2H3,(H,14,15,16);1H. The van der Waals surface area contributed by atoms with Crippen LogP contribution in [-0.4, -0.2) is 43.0 Å². The molecule has 2 rings (SSSR count). The fraction of sp³-hybridized carbons (Fsp3) is 0.667. The molecule has 5 nitrogen and oxygen atoms in total. The van der Waals surface area contributed by atoms with Gasteiger partial charge in [-0.3, -0.25) is 0 Å². The summed E-state index contributed by atoms with van der Waals surface area (Å²) in [7, 11) is 1.63. The normalized spacial score (nSPS) is 18.5. The number of nitrogens with one attached hydrogen (secondary N) is 2. The van der Waals surface area contributed by atoms with E-state index in [2.05, 4.69) is 20.6 Å². The van der Waals surface area contributed by atoms with E-state index in [-0.39, 0.29) is 12.4 Å². The van der Waals surface area contributed by atoms with E-state index >= 15 is 0 Å². The zero-order valence-corrected chi connectivity index (χ0v) is 12.9. The van der Waals surface area contributed by atoms with Crippen LogP contribution >= 0.6 is 24.2 Å². The van der Waals surface area contributed by atoms with Gasteiger partial charge in [0.25, 0.3) is 0 Å². The van der Waals surface area contributed by atoms with Crippen LogP contribution in [0.15, 0.2) is 11.2 Å². The molecule has 19 heavy (non-hydrogen) atoms. The molecule has 0 saturated carbocycles. The van der Waals surface area contributed by atoms with Crippen molar-refractivity contribution in [3.63, 3.8) is 0 Å². The van der Waals surface area contributed by atoms with E-state index in [4.69, 9.17) is 4.74 Å². The molecule has 7 heteroatoms. The van der Waals surface area contributed by atoms with Crippen molar-refractivity contribution in [2.45, 2.75) is 18.0 Å². The molecule has 0 radical (unpaired) electrons. The summed E-state index contributed by atoms with van der Waals surface area (Å²) in [6, 6.07) is 1.84. The quantitative estimate of drug-likeness (QED) is 0.641. The molecule has 1 aromatic heterocycles. The maximum absolute atomic E-state index is 5.17. The second kappa shape index (κ2) is 8.45. The molecule has 1 atom stereocenters. The van der Waals surface area contributed by atoms with Gasteiger partial charge in [0.1, 0.15) is 5.82 Å². The summed E-state index contributed by atoms with van der Waals surface area (Å²) in [5, 5.41) is 7.53. The lowest BCUT2D eigenvalue weighted by atomic mass is 10.00. The van der Waals surface area contributed by atoms with Crippen LogP contribution in [0, 0.1) is 5.92 Å². The highest BCUT2D eigenvalue weighted by molar-refractivity contribution is 7.98. The first kappa shape index (κ1) is 16.3. The molecule has 1 saturated heterocycles. The summed E-state index contributed by atoms with van der Waals surface area (Å²) < 4.78 is 5.17. The van der Waals surface area contributed by atoms with Gasteiger partial charge in [0.05, 0.1) is 7.11 Å². The van der Waals surface area contributed by atoms with Gasteiger partial charge in [-0.1, -0.05) is 11.8 Å². The summed E-state index contributed by atoms with van der Waals surface area (Å²) in [6.07, 6.45) is 4.50.